The van der Waals surface area contributed by atoms with Crippen LogP contribution in [-0.4, -0.2) is 42.9 Å². The average molecular weight is 286 g/mol. The van der Waals surface area contributed by atoms with E-state index >= 15 is 0 Å². The van der Waals surface area contributed by atoms with Gasteiger partial charge in [-0.15, -0.1) is 0 Å². The van der Waals surface area contributed by atoms with Crippen molar-refractivity contribution in [2.45, 2.75) is 25.8 Å². The molecule has 0 saturated heterocycles. The lowest BCUT2D eigenvalue weighted by Gasteiger charge is -2.22. The fourth-order valence-corrected chi connectivity index (χ4v) is 1.70. The molecular weight excluding hydrogens is 264 g/mol. The highest BCUT2D eigenvalue weighted by Crippen LogP contribution is 2.12. The Balaban J connectivity index is 2.44. The molecule has 0 aromatic heterocycles. The highest BCUT2D eigenvalue weighted by molar-refractivity contribution is 5.39. The number of aliphatic hydroxyl groups is 1. The molecule has 112 valence electrons. The van der Waals surface area contributed by atoms with Gasteiger partial charge in [-0.3, -0.25) is 4.90 Å². The molecule has 4 heteroatoms. The molecule has 0 amide bonds. The van der Waals surface area contributed by atoms with Crippen molar-refractivity contribution in [2.24, 2.45) is 0 Å². The Kier molecular flexibility index (Phi) is 7.97. The predicted molar refractivity (Wildman–Crippen MR) is 82.8 cm³/mol. The summed E-state index contributed by atoms with van der Waals surface area (Å²) in [6, 6.07) is 10.0. The number of likely N-dealkylation sites (N-methyl/N-ethyl adjacent to an activating group) is 1. The van der Waals surface area contributed by atoms with Crippen molar-refractivity contribution in [1.29, 1.82) is 5.26 Å². The van der Waals surface area contributed by atoms with Gasteiger partial charge in [-0.1, -0.05) is 17.9 Å². The highest BCUT2D eigenvalue weighted by atomic mass is 16.5. The average Bonchev–Trinajstić information content (AvgIpc) is 2.48. The molecule has 0 radical (unpaired) electrons. The van der Waals surface area contributed by atoms with Crippen LogP contribution < -0.4 is 4.74 Å². The Morgan fingerprint density at radius 1 is 1.43 bits per heavy atom. The number of aliphatic hydroxyl groups excluding tert-OH is 1. The third-order valence-corrected chi connectivity index (χ3v) is 3.16. The Morgan fingerprint density at radius 3 is 2.95 bits per heavy atom. The molecule has 0 aliphatic carbocycles. The maximum absolute atomic E-state index is 8.70. The van der Waals surface area contributed by atoms with Crippen molar-refractivity contribution in [3.8, 4) is 23.7 Å². The summed E-state index contributed by atoms with van der Waals surface area (Å²) in [6.45, 7) is 3.44. The number of hydrogen-bond donors (Lipinski definition) is 1. The van der Waals surface area contributed by atoms with E-state index in [1.54, 1.807) is 0 Å². The molecule has 21 heavy (non-hydrogen) atoms. The fourth-order valence-electron chi connectivity index (χ4n) is 1.70. The van der Waals surface area contributed by atoms with Gasteiger partial charge in [0.05, 0.1) is 19.1 Å². The summed E-state index contributed by atoms with van der Waals surface area (Å²) in [6.07, 6.45) is 0.999. The number of nitriles is 1. The molecule has 1 atom stereocenters. The smallest absolute Gasteiger partial charge is 0.120 e. The van der Waals surface area contributed by atoms with Crippen LogP contribution in [0.4, 0.5) is 0 Å². The van der Waals surface area contributed by atoms with Gasteiger partial charge in [-0.25, -0.2) is 0 Å². The largest absolute Gasteiger partial charge is 0.492 e. The van der Waals surface area contributed by atoms with Gasteiger partial charge in [0, 0.05) is 24.6 Å². The molecule has 1 unspecified atom stereocenters. The minimum atomic E-state index is 0.0798. The molecule has 1 N–H and O–H groups in total. The Hall–Kier alpha value is -2.01. The first kappa shape index (κ1) is 17.0. The summed E-state index contributed by atoms with van der Waals surface area (Å²) < 4.78 is 5.71. The molecule has 1 aromatic rings. The maximum atomic E-state index is 8.70. The van der Waals surface area contributed by atoms with Crippen LogP contribution >= 0.6 is 0 Å². The Bertz CT molecular complexity index is 526. The molecule has 0 aliphatic rings. The SMILES string of the molecule is CC(CC#N)N(C)CCOc1cccc(C#CCCO)c1. The van der Waals surface area contributed by atoms with Crippen molar-refractivity contribution >= 4 is 0 Å². The van der Waals surface area contributed by atoms with Crippen molar-refractivity contribution in [1.82, 2.24) is 4.90 Å². The molecular formula is C17H22N2O2. The van der Waals surface area contributed by atoms with Crippen LogP contribution in [0.2, 0.25) is 0 Å². The molecule has 0 bridgehead atoms. The first-order valence-corrected chi connectivity index (χ1v) is 7.07. The fraction of sp³-hybridized carbons (Fsp3) is 0.471. The van der Waals surface area contributed by atoms with E-state index in [-0.39, 0.29) is 12.6 Å². The lowest BCUT2D eigenvalue weighted by molar-refractivity contribution is 0.201. The van der Waals surface area contributed by atoms with Gasteiger partial charge in [0.15, 0.2) is 0 Å². The lowest BCUT2D eigenvalue weighted by atomic mass is 10.2. The first-order valence-electron chi connectivity index (χ1n) is 7.07. The van der Waals surface area contributed by atoms with Crippen molar-refractivity contribution in [3.05, 3.63) is 29.8 Å². The minimum absolute atomic E-state index is 0.0798. The topological polar surface area (TPSA) is 56.5 Å². The second-order valence-electron chi connectivity index (χ2n) is 4.84. The second-order valence-corrected chi connectivity index (χ2v) is 4.84. The van der Waals surface area contributed by atoms with Crippen LogP contribution in [0.15, 0.2) is 24.3 Å². The number of hydrogen-bond acceptors (Lipinski definition) is 4. The summed E-state index contributed by atoms with van der Waals surface area (Å²) in [7, 11) is 1.99. The van der Waals surface area contributed by atoms with Crippen molar-refractivity contribution in [2.75, 3.05) is 26.8 Å². The summed E-state index contributed by atoms with van der Waals surface area (Å²) in [5.74, 6) is 6.66. The zero-order valence-corrected chi connectivity index (χ0v) is 12.7. The van der Waals surface area contributed by atoms with Crippen molar-refractivity contribution in [3.63, 3.8) is 0 Å². The Morgan fingerprint density at radius 2 is 2.24 bits per heavy atom. The summed E-state index contributed by atoms with van der Waals surface area (Å²) in [4.78, 5) is 2.11. The van der Waals surface area contributed by atoms with Crippen LogP contribution in [-0.2, 0) is 0 Å². The zero-order valence-electron chi connectivity index (χ0n) is 12.7. The van der Waals surface area contributed by atoms with Gasteiger partial charge >= 0.3 is 0 Å². The normalized spacial score (nSPS) is 11.4. The van der Waals surface area contributed by atoms with Gasteiger partial charge in [0.2, 0.25) is 0 Å². The van der Waals surface area contributed by atoms with E-state index in [0.29, 0.717) is 19.4 Å². The summed E-state index contributed by atoms with van der Waals surface area (Å²) in [5.41, 5.74) is 0.882. The monoisotopic (exact) mass is 286 g/mol. The molecule has 0 fully saturated rings. The minimum Gasteiger partial charge on any atom is -0.492 e. The zero-order chi connectivity index (χ0) is 15.5. The third-order valence-electron chi connectivity index (χ3n) is 3.16. The number of ether oxygens (including phenoxy) is 1. The third kappa shape index (κ3) is 6.81. The van der Waals surface area contributed by atoms with Crippen LogP contribution in [0.3, 0.4) is 0 Å². The predicted octanol–water partition coefficient (Wildman–Crippen LogP) is 2.03. The highest BCUT2D eigenvalue weighted by Gasteiger charge is 2.08. The van der Waals surface area contributed by atoms with Crippen molar-refractivity contribution < 1.29 is 9.84 Å². The van der Waals surface area contributed by atoms with Crippen LogP contribution in [0, 0.1) is 23.2 Å². The van der Waals surface area contributed by atoms with E-state index in [2.05, 4.69) is 22.8 Å². The molecule has 0 saturated carbocycles. The number of rotatable bonds is 7. The molecule has 0 heterocycles. The van der Waals surface area contributed by atoms with E-state index in [4.69, 9.17) is 15.1 Å². The summed E-state index contributed by atoms with van der Waals surface area (Å²) >= 11 is 0. The molecule has 1 rings (SSSR count). The van der Waals surface area contributed by atoms with E-state index < -0.39 is 0 Å². The molecule has 1 aromatic carbocycles. The van der Waals surface area contributed by atoms with Gasteiger partial charge in [-0.2, -0.15) is 5.26 Å². The molecule has 0 spiro atoms. The van der Waals surface area contributed by atoms with Gasteiger partial charge < -0.3 is 9.84 Å². The van der Waals surface area contributed by atoms with E-state index in [1.165, 1.54) is 0 Å². The summed E-state index contributed by atoms with van der Waals surface area (Å²) in [5, 5.41) is 17.4. The van der Waals surface area contributed by atoms with Crippen LogP contribution in [0.25, 0.3) is 0 Å². The number of benzene rings is 1. The molecule has 4 nitrogen and oxygen atoms in total. The van der Waals surface area contributed by atoms with E-state index in [0.717, 1.165) is 17.9 Å². The molecule has 0 aliphatic heterocycles. The van der Waals surface area contributed by atoms with E-state index in [1.807, 2.05) is 38.2 Å². The quantitative estimate of drug-likeness (QED) is 0.779. The van der Waals surface area contributed by atoms with Gasteiger partial charge in [0.25, 0.3) is 0 Å². The van der Waals surface area contributed by atoms with Crippen LogP contribution in [0.1, 0.15) is 25.3 Å². The standard InChI is InChI=1S/C17H22N2O2/c1-15(9-10-18)19(2)11-13-21-17-8-5-7-16(14-17)6-3-4-12-20/h5,7-8,14-15,20H,4,9,11-13H2,1-2H3. The van der Waals surface area contributed by atoms with E-state index in [9.17, 15) is 0 Å². The second kappa shape index (κ2) is 9.83. The Labute approximate surface area is 127 Å². The lowest BCUT2D eigenvalue weighted by Crippen LogP contribution is -2.32. The van der Waals surface area contributed by atoms with Crippen LogP contribution in [0.5, 0.6) is 5.75 Å². The first-order chi connectivity index (χ1) is 10.2. The number of nitrogens with zero attached hydrogens (tertiary/aromatic N) is 2. The van der Waals surface area contributed by atoms with Gasteiger partial charge in [-0.05, 0) is 32.2 Å². The van der Waals surface area contributed by atoms with Gasteiger partial charge in [0.1, 0.15) is 12.4 Å². The maximum Gasteiger partial charge on any atom is 0.120 e.